The Morgan fingerprint density at radius 3 is 2.72 bits per heavy atom. The molecule has 2 aromatic heterocycles. The van der Waals surface area contributed by atoms with Crippen molar-refractivity contribution < 1.29 is 22.5 Å². The smallest absolute Gasteiger partial charge is 0.356 e. The van der Waals surface area contributed by atoms with Crippen molar-refractivity contribution >= 4 is 28.5 Å². The number of benzene rings is 1. The van der Waals surface area contributed by atoms with Crippen LogP contribution in [0, 0.1) is 12.8 Å². The number of aromatic nitrogens is 3. The highest BCUT2D eigenvalue weighted by atomic mass is 19.4. The molecule has 0 aliphatic carbocycles. The zero-order valence-corrected chi connectivity index (χ0v) is 15.5. The maximum absolute atomic E-state index is 12.8. The van der Waals surface area contributed by atoms with Crippen LogP contribution in [0.5, 0.6) is 0 Å². The molecular formula is C19H18F3N5O2. The van der Waals surface area contributed by atoms with E-state index in [1.165, 1.54) is 18.5 Å². The monoisotopic (exact) mass is 405 g/mol. The molecule has 1 saturated heterocycles. The topological polar surface area (TPSA) is 84.2 Å². The van der Waals surface area contributed by atoms with Crippen molar-refractivity contribution in [2.24, 2.45) is 5.92 Å². The molecule has 1 N–H and O–H groups in total. The number of anilines is 2. The zero-order chi connectivity index (χ0) is 20.6. The Bertz CT molecular complexity index is 1040. The molecule has 1 aliphatic rings. The van der Waals surface area contributed by atoms with Crippen LogP contribution in [0.2, 0.25) is 0 Å². The summed E-state index contributed by atoms with van der Waals surface area (Å²) >= 11 is 0. The second-order valence-corrected chi connectivity index (χ2v) is 6.97. The lowest BCUT2D eigenvalue weighted by molar-refractivity contribution is -0.137. The van der Waals surface area contributed by atoms with Crippen LogP contribution in [0.25, 0.3) is 11.1 Å². The molecule has 0 unspecified atom stereocenters. The highest BCUT2D eigenvalue weighted by Crippen LogP contribution is 2.32. The third kappa shape index (κ3) is 3.87. The lowest BCUT2D eigenvalue weighted by Gasteiger charge is -2.32. The van der Waals surface area contributed by atoms with Gasteiger partial charge in [0, 0.05) is 24.7 Å². The lowest BCUT2D eigenvalue weighted by atomic mass is 9.95. The third-order valence-electron chi connectivity index (χ3n) is 5.05. The molecule has 3 aromatic rings. The van der Waals surface area contributed by atoms with Crippen molar-refractivity contribution in [2.45, 2.75) is 25.9 Å². The third-order valence-corrected chi connectivity index (χ3v) is 5.05. The predicted molar refractivity (Wildman–Crippen MR) is 99.3 cm³/mol. The number of aryl methyl sites for hydroxylation is 1. The summed E-state index contributed by atoms with van der Waals surface area (Å²) in [6, 6.07) is 4.65. The molecular weight excluding hydrogens is 387 g/mol. The Morgan fingerprint density at radius 2 is 2.00 bits per heavy atom. The summed E-state index contributed by atoms with van der Waals surface area (Å²) < 4.78 is 43.7. The quantitative estimate of drug-likeness (QED) is 0.714. The summed E-state index contributed by atoms with van der Waals surface area (Å²) in [5.74, 6) is 0.144. The number of alkyl halides is 3. The standard InChI is InChI=1S/C19H18F3N5O2/c1-11-15-16(23-10-24-18(15)29-26-11)27-7-5-12(6-8-27)17(28)25-14-4-2-3-13(9-14)19(20,21)22/h2-4,9-10,12H,5-8H2,1H3,(H,25,28). The van der Waals surface area contributed by atoms with Gasteiger partial charge in [0.25, 0.3) is 5.71 Å². The summed E-state index contributed by atoms with van der Waals surface area (Å²) in [7, 11) is 0. The van der Waals surface area contributed by atoms with Crippen molar-refractivity contribution in [1.82, 2.24) is 15.1 Å². The Balaban J connectivity index is 1.42. The normalized spacial score (nSPS) is 15.7. The largest absolute Gasteiger partial charge is 0.416 e. The van der Waals surface area contributed by atoms with E-state index < -0.39 is 11.7 Å². The second-order valence-electron chi connectivity index (χ2n) is 6.97. The highest BCUT2D eigenvalue weighted by Gasteiger charge is 2.31. The first-order chi connectivity index (χ1) is 13.8. The van der Waals surface area contributed by atoms with Gasteiger partial charge in [-0.05, 0) is 38.0 Å². The molecule has 29 heavy (non-hydrogen) atoms. The first-order valence-corrected chi connectivity index (χ1v) is 9.13. The first-order valence-electron chi connectivity index (χ1n) is 9.13. The van der Waals surface area contributed by atoms with E-state index in [0.29, 0.717) is 43.2 Å². The summed E-state index contributed by atoms with van der Waals surface area (Å²) in [4.78, 5) is 23.0. The molecule has 3 heterocycles. The lowest BCUT2D eigenvalue weighted by Crippen LogP contribution is -2.38. The van der Waals surface area contributed by atoms with Crippen LogP contribution >= 0.6 is 0 Å². The Labute approximate surface area is 163 Å². The second kappa shape index (κ2) is 7.34. The average molecular weight is 405 g/mol. The van der Waals surface area contributed by atoms with Gasteiger partial charge in [-0.2, -0.15) is 18.2 Å². The minimum absolute atomic E-state index is 0.143. The van der Waals surface area contributed by atoms with Crippen LogP contribution in [0.15, 0.2) is 35.1 Å². The Kier molecular flexibility index (Phi) is 4.85. The van der Waals surface area contributed by atoms with Crippen molar-refractivity contribution in [3.05, 3.63) is 41.9 Å². The van der Waals surface area contributed by atoms with Gasteiger partial charge < -0.3 is 14.7 Å². The van der Waals surface area contributed by atoms with Crippen molar-refractivity contribution in [1.29, 1.82) is 0 Å². The van der Waals surface area contributed by atoms with E-state index in [2.05, 4.69) is 20.4 Å². The fraction of sp³-hybridized carbons (Fsp3) is 0.368. The van der Waals surface area contributed by atoms with Gasteiger partial charge in [0.2, 0.25) is 5.91 Å². The van der Waals surface area contributed by atoms with Gasteiger partial charge in [0.05, 0.1) is 11.3 Å². The molecule has 7 nitrogen and oxygen atoms in total. The minimum atomic E-state index is -4.45. The number of carbonyl (C=O) groups is 1. The number of rotatable bonds is 3. The van der Waals surface area contributed by atoms with E-state index in [1.54, 1.807) is 0 Å². The number of hydrogen-bond donors (Lipinski definition) is 1. The molecule has 1 aromatic carbocycles. The van der Waals surface area contributed by atoms with Crippen LogP contribution in [0.1, 0.15) is 24.1 Å². The molecule has 0 bridgehead atoms. The van der Waals surface area contributed by atoms with Crippen LogP contribution < -0.4 is 10.2 Å². The maximum Gasteiger partial charge on any atom is 0.416 e. The van der Waals surface area contributed by atoms with E-state index >= 15 is 0 Å². The van der Waals surface area contributed by atoms with Gasteiger partial charge in [0.1, 0.15) is 17.5 Å². The van der Waals surface area contributed by atoms with E-state index in [-0.39, 0.29) is 17.5 Å². The zero-order valence-electron chi connectivity index (χ0n) is 15.5. The van der Waals surface area contributed by atoms with Crippen molar-refractivity contribution in [3.63, 3.8) is 0 Å². The van der Waals surface area contributed by atoms with Crippen LogP contribution in [-0.2, 0) is 11.0 Å². The highest BCUT2D eigenvalue weighted by molar-refractivity contribution is 5.93. The number of nitrogens with one attached hydrogen (secondary N) is 1. The fourth-order valence-electron chi connectivity index (χ4n) is 3.51. The molecule has 1 amide bonds. The SMILES string of the molecule is Cc1noc2ncnc(N3CCC(C(=O)Nc4cccc(C(F)(F)F)c4)CC3)c12. The first kappa shape index (κ1) is 19.2. The van der Waals surface area contributed by atoms with Crippen molar-refractivity contribution in [2.75, 3.05) is 23.3 Å². The minimum Gasteiger partial charge on any atom is -0.356 e. The molecule has 0 spiro atoms. The molecule has 0 saturated carbocycles. The van der Waals surface area contributed by atoms with Gasteiger partial charge in [-0.1, -0.05) is 11.2 Å². The van der Waals surface area contributed by atoms with Crippen LogP contribution in [0.4, 0.5) is 24.7 Å². The van der Waals surface area contributed by atoms with Gasteiger partial charge in [-0.25, -0.2) is 4.98 Å². The summed E-state index contributed by atoms with van der Waals surface area (Å²) in [5, 5.41) is 7.27. The maximum atomic E-state index is 12.8. The molecule has 152 valence electrons. The summed E-state index contributed by atoms with van der Waals surface area (Å²) in [6.07, 6.45) is -1.93. The molecule has 0 radical (unpaired) electrons. The Morgan fingerprint density at radius 1 is 1.24 bits per heavy atom. The van der Waals surface area contributed by atoms with E-state index in [4.69, 9.17) is 4.52 Å². The molecule has 1 fully saturated rings. The number of amides is 1. The molecule has 1 aliphatic heterocycles. The van der Waals surface area contributed by atoms with Crippen LogP contribution in [-0.4, -0.2) is 34.1 Å². The fourth-order valence-corrected chi connectivity index (χ4v) is 3.51. The number of hydrogen-bond acceptors (Lipinski definition) is 6. The Hall–Kier alpha value is -3.17. The summed E-state index contributed by atoms with van der Waals surface area (Å²) in [6.45, 7) is 2.97. The number of halogens is 3. The number of carbonyl (C=O) groups excluding carboxylic acids is 1. The number of fused-ring (bicyclic) bond motifs is 1. The van der Waals surface area contributed by atoms with Gasteiger partial charge >= 0.3 is 6.18 Å². The van der Waals surface area contributed by atoms with Crippen molar-refractivity contribution in [3.8, 4) is 0 Å². The van der Waals surface area contributed by atoms with E-state index in [9.17, 15) is 18.0 Å². The number of piperidine rings is 1. The van der Waals surface area contributed by atoms with E-state index in [0.717, 1.165) is 17.5 Å². The average Bonchev–Trinajstić information content (AvgIpc) is 3.09. The van der Waals surface area contributed by atoms with Crippen LogP contribution in [0.3, 0.4) is 0 Å². The number of nitrogens with zero attached hydrogens (tertiary/aromatic N) is 4. The van der Waals surface area contributed by atoms with Gasteiger partial charge in [-0.15, -0.1) is 0 Å². The predicted octanol–water partition coefficient (Wildman–Crippen LogP) is 3.80. The summed E-state index contributed by atoms with van der Waals surface area (Å²) in [5.41, 5.74) is 0.462. The molecule has 10 heteroatoms. The molecule has 0 atom stereocenters. The molecule has 4 rings (SSSR count). The van der Waals surface area contributed by atoms with E-state index in [1.807, 2.05) is 11.8 Å². The van der Waals surface area contributed by atoms with Gasteiger partial charge in [-0.3, -0.25) is 4.79 Å². The van der Waals surface area contributed by atoms with Gasteiger partial charge in [0.15, 0.2) is 0 Å².